The monoisotopic (exact) mass is 204 g/mol. The van der Waals surface area contributed by atoms with Crippen molar-refractivity contribution in [1.29, 1.82) is 5.26 Å². The predicted octanol–water partition coefficient (Wildman–Crippen LogP) is 2.00. The number of nitrogens with zero attached hydrogens (tertiary/aromatic N) is 2. The largest absolute Gasteiger partial charge is 0.287 e. The third kappa shape index (κ3) is 2.78. The molecule has 0 heterocycles. The number of halogens is 1. The van der Waals surface area contributed by atoms with Gasteiger partial charge in [0.05, 0.1) is 23.5 Å². The molecule has 0 aromatic heterocycles. The molecule has 0 spiro atoms. The van der Waals surface area contributed by atoms with Gasteiger partial charge in [-0.25, -0.2) is 4.39 Å². The molecule has 74 valence electrons. The Bertz CT molecular complexity index is 494. The van der Waals surface area contributed by atoms with Crippen LogP contribution in [0.5, 0.6) is 0 Å². The first-order valence-corrected chi connectivity index (χ1v) is 3.95. The summed E-state index contributed by atoms with van der Waals surface area (Å²) in [5.41, 5.74) is -0.280. The smallest absolute Gasteiger partial charge is 0.258 e. The quantitative estimate of drug-likeness (QED) is 0.399. The van der Waals surface area contributed by atoms with Crippen molar-refractivity contribution in [2.45, 2.75) is 6.42 Å². The lowest BCUT2D eigenvalue weighted by atomic mass is 10.2. The van der Waals surface area contributed by atoms with Gasteiger partial charge in [-0.15, -0.1) is 0 Å². The Morgan fingerprint density at radius 1 is 1.53 bits per heavy atom. The van der Waals surface area contributed by atoms with Crippen LogP contribution in [-0.2, 0) is 0 Å². The minimum Gasteiger partial charge on any atom is -0.258 e. The molecule has 0 saturated carbocycles. The van der Waals surface area contributed by atoms with Gasteiger partial charge < -0.3 is 0 Å². The van der Waals surface area contributed by atoms with E-state index in [1.54, 1.807) is 6.07 Å². The van der Waals surface area contributed by atoms with Crippen molar-refractivity contribution in [2.75, 3.05) is 0 Å². The summed E-state index contributed by atoms with van der Waals surface area (Å²) in [6, 6.07) is 4.89. The van der Waals surface area contributed by atoms with Gasteiger partial charge in [-0.3, -0.25) is 10.1 Å². The minimum atomic E-state index is -0.709. The molecule has 0 unspecified atom stereocenters. The highest BCUT2D eigenvalue weighted by atomic mass is 19.1. The molecule has 0 aliphatic carbocycles. The molecule has 0 radical (unpaired) electrons. The lowest BCUT2D eigenvalue weighted by Crippen LogP contribution is -1.93. The van der Waals surface area contributed by atoms with Gasteiger partial charge in [0.2, 0.25) is 0 Å². The van der Waals surface area contributed by atoms with Crippen LogP contribution < -0.4 is 0 Å². The van der Waals surface area contributed by atoms with E-state index in [4.69, 9.17) is 5.26 Å². The van der Waals surface area contributed by atoms with E-state index in [0.717, 1.165) is 12.1 Å². The molecule has 15 heavy (non-hydrogen) atoms. The van der Waals surface area contributed by atoms with Crippen LogP contribution in [0.2, 0.25) is 0 Å². The topological polar surface area (TPSA) is 66.9 Å². The summed E-state index contributed by atoms with van der Waals surface area (Å²) in [5, 5.41) is 18.7. The molecule has 1 rings (SSSR count). The highest BCUT2D eigenvalue weighted by Crippen LogP contribution is 2.18. The molecule has 0 bridgehead atoms. The zero-order chi connectivity index (χ0) is 11.3. The van der Waals surface area contributed by atoms with Crippen LogP contribution in [0.3, 0.4) is 0 Å². The Morgan fingerprint density at radius 3 is 2.87 bits per heavy atom. The van der Waals surface area contributed by atoms with Gasteiger partial charge in [-0.1, -0.05) is 11.8 Å². The normalized spacial score (nSPS) is 8.53. The SMILES string of the molecule is N#CCC#Cc1ccc(F)cc1[N+](=O)[O-]. The number of nitriles is 1. The summed E-state index contributed by atoms with van der Waals surface area (Å²) in [7, 11) is 0. The molecule has 5 heteroatoms. The fourth-order valence-corrected chi connectivity index (χ4v) is 0.940. The van der Waals surface area contributed by atoms with Gasteiger partial charge in [-0.05, 0) is 12.1 Å². The van der Waals surface area contributed by atoms with Gasteiger partial charge >= 0.3 is 0 Å². The molecule has 0 atom stereocenters. The lowest BCUT2D eigenvalue weighted by molar-refractivity contribution is -0.385. The van der Waals surface area contributed by atoms with E-state index in [1.165, 1.54) is 6.07 Å². The van der Waals surface area contributed by atoms with Gasteiger partial charge in [0.1, 0.15) is 11.4 Å². The van der Waals surface area contributed by atoms with Crippen LogP contribution in [0.25, 0.3) is 0 Å². The van der Waals surface area contributed by atoms with Crippen LogP contribution in [0.15, 0.2) is 18.2 Å². The zero-order valence-electron chi connectivity index (χ0n) is 7.53. The Labute approximate surface area is 85.1 Å². The van der Waals surface area contributed by atoms with Gasteiger partial charge in [0.15, 0.2) is 0 Å². The van der Waals surface area contributed by atoms with Crippen molar-refractivity contribution in [1.82, 2.24) is 0 Å². The molecule has 4 nitrogen and oxygen atoms in total. The molecule has 0 fully saturated rings. The molecular formula is C10H5FN2O2. The van der Waals surface area contributed by atoms with E-state index < -0.39 is 10.7 Å². The highest BCUT2D eigenvalue weighted by Gasteiger charge is 2.12. The lowest BCUT2D eigenvalue weighted by Gasteiger charge is -1.94. The number of rotatable bonds is 1. The van der Waals surface area contributed by atoms with Crippen molar-refractivity contribution in [3.8, 4) is 17.9 Å². The van der Waals surface area contributed by atoms with E-state index >= 15 is 0 Å². The zero-order valence-corrected chi connectivity index (χ0v) is 7.53. The van der Waals surface area contributed by atoms with Crippen LogP contribution in [0.1, 0.15) is 12.0 Å². The number of hydrogen-bond acceptors (Lipinski definition) is 3. The standard InChI is InChI=1S/C10H5FN2O2/c11-9-5-4-8(3-1-2-6-12)10(7-9)13(14)15/h4-5,7H,2H2. The summed E-state index contributed by atoms with van der Waals surface area (Å²) >= 11 is 0. The predicted molar refractivity (Wildman–Crippen MR) is 50.2 cm³/mol. The van der Waals surface area contributed by atoms with Crippen LogP contribution in [0, 0.1) is 39.1 Å². The van der Waals surface area contributed by atoms with Crippen molar-refractivity contribution < 1.29 is 9.31 Å². The maximum absolute atomic E-state index is 12.7. The fourth-order valence-electron chi connectivity index (χ4n) is 0.940. The first-order valence-electron chi connectivity index (χ1n) is 3.95. The van der Waals surface area contributed by atoms with E-state index in [9.17, 15) is 14.5 Å². The van der Waals surface area contributed by atoms with Crippen molar-refractivity contribution in [3.63, 3.8) is 0 Å². The summed E-state index contributed by atoms with van der Waals surface area (Å²) in [5.74, 6) is 4.18. The number of benzene rings is 1. The second kappa shape index (κ2) is 4.73. The average Bonchev–Trinajstić information content (AvgIpc) is 2.20. The first kappa shape index (κ1) is 10.7. The van der Waals surface area contributed by atoms with E-state index in [-0.39, 0.29) is 17.7 Å². The van der Waals surface area contributed by atoms with Crippen LogP contribution in [0.4, 0.5) is 10.1 Å². The average molecular weight is 204 g/mol. The molecule has 1 aromatic carbocycles. The van der Waals surface area contributed by atoms with Crippen LogP contribution in [-0.4, -0.2) is 4.92 Å². The Morgan fingerprint density at radius 2 is 2.27 bits per heavy atom. The second-order valence-corrected chi connectivity index (χ2v) is 2.56. The number of hydrogen-bond donors (Lipinski definition) is 0. The first-order chi connectivity index (χ1) is 7.15. The summed E-state index contributed by atoms with van der Waals surface area (Å²) in [6.45, 7) is 0. The van der Waals surface area contributed by atoms with Gasteiger partial charge in [0.25, 0.3) is 5.69 Å². The van der Waals surface area contributed by atoms with Crippen molar-refractivity contribution in [2.24, 2.45) is 0 Å². The van der Waals surface area contributed by atoms with Crippen molar-refractivity contribution in [3.05, 3.63) is 39.7 Å². The maximum Gasteiger partial charge on any atom is 0.287 e. The third-order valence-electron chi connectivity index (χ3n) is 1.55. The van der Waals surface area contributed by atoms with E-state index in [2.05, 4.69) is 11.8 Å². The number of nitro benzene ring substituents is 1. The molecule has 0 aliphatic heterocycles. The Hall–Kier alpha value is -2.40. The second-order valence-electron chi connectivity index (χ2n) is 2.56. The Balaban J connectivity index is 3.15. The Kier molecular flexibility index (Phi) is 3.37. The molecule has 1 aromatic rings. The van der Waals surface area contributed by atoms with Crippen molar-refractivity contribution >= 4 is 5.69 Å². The summed E-state index contributed by atoms with van der Waals surface area (Å²) in [6.07, 6.45) is -0.0193. The molecule has 0 saturated heterocycles. The van der Waals surface area contributed by atoms with E-state index in [1.807, 2.05) is 0 Å². The van der Waals surface area contributed by atoms with E-state index in [0.29, 0.717) is 0 Å². The fraction of sp³-hybridized carbons (Fsp3) is 0.100. The summed E-state index contributed by atoms with van der Waals surface area (Å²) < 4.78 is 12.7. The molecule has 0 amide bonds. The molecule has 0 aliphatic rings. The van der Waals surface area contributed by atoms with Crippen LogP contribution >= 0.6 is 0 Å². The van der Waals surface area contributed by atoms with Gasteiger partial charge in [0, 0.05) is 0 Å². The maximum atomic E-state index is 12.7. The molecular weight excluding hydrogens is 199 g/mol. The number of nitro groups is 1. The van der Waals surface area contributed by atoms with Gasteiger partial charge in [-0.2, -0.15) is 5.26 Å². The molecule has 0 N–H and O–H groups in total. The third-order valence-corrected chi connectivity index (χ3v) is 1.55. The minimum absolute atomic E-state index is 0.0193. The highest BCUT2D eigenvalue weighted by molar-refractivity contribution is 5.51. The summed E-state index contributed by atoms with van der Waals surface area (Å²) in [4.78, 5) is 9.80.